The molecule has 3 rings (SSSR count). The normalized spacial score (nSPS) is 10.5. The smallest absolute Gasteiger partial charge is 0.315 e. The standard InChI is InChI=1S/C16H14FN5O3/c1-10-19-16(25-21-10)22(14-7-6-13(17)8-18-14)9-11-2-4-12(5-3-11)15(23)20-24/h2-8,24H,9H2,1H3,(H,20,23). The number of anilines is 2. The van der Waals surface area contributed by atoms with Gasteiger partial charge in [-0.2, -0.15) is 4.98 Å². The monoisotopic (exact) mass is 343 g/mol. The lowest BCUT2D eigenvalue weighted by Gasteiger charge is -2.19. The van der Waals surface area contributed by atoms with Gasteiger partial charge in [0.05, 0.1) is 12.7 Å². The summed E-state index contributed by atoms with van der Waals surface area (Å²) in [4.78, 5) is 21.2. The van der Waals surface area contributed by atoms with Crippen molar-refractivity contribution >= 4 is 17.7 Å². The van der Waals surface area contributed by atoms with Crippen LogP contribution in [0.25, 0.3) is 0 Å². The lowest BCUT2D eigenvalue weighted by molar-refractivity contribution is 0.0706. The van der Waals surface area contributed by atoms with Gasteiger partial charge in [-0.3, -0.25) is 14.9 Å². The lowest BCUT2D eigenvalue weighted by atomic mass is 10.1. The molecule has 2 N–H and O–H groups in total. The van der Waals surface area contributed by atoms with E-state index in [0.29, 0.717) is 23.8 Å². The van der Waals surface area contributed by atoms with Gasteiger partial charge in [-0.05, 0) is 36.8 Å². The van der Waals surface area contributed by atoms with Crippen LogP contribution in [-0.4, -0.2) is 26.2 Å². The molecule has 2 heterocycles. The maximum atomic E-state index is 13.1. The number of halogens is 1. The Bertz CT molecular complexity index is 864. The zero-order valence-electron chi connectivity index (χ0n) is 13.2. The van der Waals surface area contributed by atoms with E-state index in [-0.39, 0.29) is 6.01 Å². The number of benzene rings is 1. The van der Waals surface area contributed by atoms with Crippen LogP contribution in [0.5, 0.6) is 0 Å². The van der Waals surface area contributed by atoms with Crippen LogP contribution in [0.1, 0.15) is 21.7 Å². The van der Waals surface area contributed by atoms with E-state index in [0.717, 1.165) is 11.8 Å². The van der Waals surface area contributed by atoms with E-state index in [1.165, 1.54) is 12.1 Å². The van der Waals surface area contributed by atoms with Crippen LogP contribution in [-0.2, 0) is 6.54 Å². The summed E-state index contributed by atoms with van der Waals surface area (Å²) >= 11 is 0. The third-order valence-corrected chi connectivity index (χ3v) is 3.39. The van der Waals surface area contributed by atoms with Crippen molar-refractivity contribution < 1.29 is 18.9 Å². The number of hydrogen-bond donors (Lipinski definition) is 2. The summed E-state index contributed by atoms with van der Waals surface area (Å²) in [5.74, 6) is -0.166. The fraction of sp³-hybridized carbons (Fsp3) is 0.125. The van der Waals surface area contributed by atoms with Crippen LogP contribution < -0.4 is 10.4 Å². The highest BCUT2D eigenvalue weighted by Gasteiger charge is 2.18. The second-order valence-electron chi connectivity index (χ2n) is 5.18. The first-order valence-corrected chi connectivity index (χ1v) is 7.29. The van der Waals surface area contributed by atoms with Crippen LogP contribution in [0.15, 0.2) is 47.1 Å². The van der Waals surface area contributed by atoms with Crippen molar-refractivity contribution in [3.8, 4) is 0 Å². The molecule has 3 aromatic rings. The highest BCUT2D eigenvalue weighted by molar-refractivity contribution is 5.93. The minimum atomic E-state index is -0.601. The molecule has 8 nitrogen and oxygen atoms in total. The molecular formula is C16H14FN5O3. The van der Waals surface area contributed by atoms with Gasteiger partial charge >= 0.3 is 6.01 Å². The Hall–Kier alpha value is -3.33. The highest BCUT2D eigenvalue weighted by Crippen LogP contribution is 2.24. The molecule has 1 aromatic carbocycles. The van der Waals surface area contributed by atoms with E-state index in [1.54, 1.807) is 41.6 Å². The third kappa shape index (κ3) is 3.78. The van der Waals surface area contributed by atoms with E-state index in [2.05, 4.69) is 15.1 Å². The Morgan fingerprint density at radius 3 is 2.60 bits per heavy atom. The van der Waals surface area contributed by atoms with E-state index >= 15 is 0 Å². The Labute approximate surface area is 141 Å². The molecule has 0 unspecified atom stereocenters. The number of hydrogen-bond acceptors (Lipinski definition) is 7. The molecule has 0 spiro atoms. The number of carbonyl (C=O) groups excluding carboxylic acids is 1. The van der Waals surface area contributed by atoms with Crippen molar-refractivity contribution in [2.45, 2.75) is 13.5 Å². The first kappa shape index (κ1) is 16.5. The Morgan fingerprint density at radius 1 is 1.28 bits per heavy atom. The number of hydroxylamine groups is 1. The second-order valence-corrected chi connectivity index (χ2v) is 5.18. The number of aromatic nitrogens is 3. The zero-order valence-corrected chi connectivity index (χ0v) is 13.2. The molecule has 128 valence electrons. The maximum absolute atomic E-state index is 13.1. The van der Waals surface area contributed by atoms with Gasteiger partial charge in [0.15, 0.2) is 5.82 Å². The van der Waals surface area contributed by atoms with Gasteiger partial charge in [0.2, 0.25) is 0 Å². The summed E-state index contributed by atoms with van der Waals surface area (Å²) in [5, 5.41) is 12.4. The highest BCUT2D eigenvalue weighted by atomic mass is 19.1. The Balaban J connectivity index is 1.90. The number of nitrogens with one attached hydrogen (secondary N) is 1. The molecule has 0 bridgehead atoms. The van der Waals surface area contributed by atoms with E-state index < -0.39 is 11.7 Å². The first-order valence-electron chi connectivity index (χ1n) is 7.29. The molecule has 9 heteroatoms. The van der Waals surface area contributed by atoms with Crippen LogP contribution in [0.2, 0.25) is 0 Å². The van der Waals surface area contributed by atoms with Crippen molar-refractivity contribution in [3.05, 3.63) is 65.4 Å². The Morgan fingerprint density at radius 2 is 2.04 bits per heavy atom. The average molecular weight is 343 g/mol. The van der Waals surface area contributed by atoms with Crippen molar-refractivity contribution in [2.24, 2.45) is 0 Å². The number of pyridine rings is 1. The average Bonchev–Trinajstić information content (AvgIpc) is 3.06. The molecule has 0 radical (unpaired) electrons. The van der Waals surface area contributed by atoms with Crippen molar-refractivity contribution in [1.82, 2.24) is 20.6 Å². The molecule has 0 aliphatic carbocycles. The molecule has 0 aliphatic heterocycles. The molecule has 2 aromatic heterocycles. The van der Waals surface area contributed by atoms with E-state index in [4.69, 9.17) is 9.73 Å². The number of amides is 1. The summed E-state index contributed by atoms with van der Waals surface area (Å²) in [6.07, 6.45) is 1.10. The number of carbonyl (C=O) groups is 1. The quantitative estimate of drug-likeness (QED) is 0.541. The minimum Gasteiger partial charge on any atom is -0.315 e. The van der Waals surface area contributed by atoms with Crippen molar-refractivity contribution in [1.29, 1.82) is 0 Å². The molecule has 0 saturated heterocycles. The topological polar surface area (TPSA) is 104 Å². The minimum absolute atomic E-state index is 0.216. The molecule has 1 amide bonds. The number of rotatable bonds is 5. The predicted molar refractivity (Wildman–Crippen MR) is 84.8 cm³/mol. The molecule has 0 aliphatic rings. The first-order chi connectivity index (χ1) is 12.1. The third-order valence-electron chi connectivity index (χ3n) is 3.39. The Kier molecular flexibility index (Phi) is 4.66. The maximum Gasteiger partial charge on any atom is 0.330 e. The summed E-state index contributed by atoms with van der Waals surface area (Å²) < 4.78 is 18.3. The largest absolute Gasteiger partial charge is 0.330 e. The number of aryl methyl sites for hydroxylation is 1. The molecule has 0 saturated carbocycles. The van der Waals surface area contributed by atoms with Crippen molar-refractivity contribution in [2.75, 3.05) is 4.90 Å². The van der Waals surface area contributed by atoms with Gasteiger partial charge < -0.3 is 4.52 Å². The van der Waals surface area contributed by atoms with Crippen LogP contribution in [0.3, 0.4) is 0 Å². The van der Waals surface area contributed by atoms with Crippen LogP contribution in [0, 0.1) is 12.7 Å². The molecule has 0 fully saturated rings. The predicted octanol–water partition coefficient (Wildman–Crippen LogP) is 2.37. The molecule has 25 heavy (non-hydrogen) atoms. The summed E-state index contributed by atoms with van der Waals surface area (Å²) in [6.45, 7) is 1.99. The van der Waals surface area contributed by atoms with Gasteiger partial charge in [-0.25, -0.2) is 14.9 Å². The van der Waals surface area contributed by atoms with Gasteiger partial charge in [-0.15, -0.1) is 0 Å². The van der Waals surface area contributed by atoms with Crippen molar-refractivity contribution in [3.63, 3.8) is 0 Å². The van der Waals surface area contributed by atoms with Crippen LogP contribution in [0.4, 0.5) is 16.2 Å². The van der Waals surface area contributed by atoms with Gasteiger partial charge in [-0.1, -0.05) is 17.3 Å². The molecular weight excluding hydrogens is 329 g/mol. The summed E-state index contributed by atoms with van der Waals surface area (Å²) in [5.41, 5.74) is 2.70. The lowest BCUT2D eigenvalue weighted by Crippen LogP contribution is -2.20. The van der Waals surface area contributed by atoms with Crippen LogP contribution >= 0.6 is 0 Å². The zero-order chi connectivity index (χ0) is 17.8. The van der Waals surface area contributed by atoms with E-state index in [1.807, 2.05) is 0 Å². The van der Waals surface area contributed by atoms with Gasteiger partial charge in [0, 0.05) is 5.56 Å². The SMILES string of the molecule is Cc1noc(N(Cc2ccc(C(=O)NO)cc2)c2ccc(F)cn2)n1. The second kappa shape index (κ2) is 7.05. The van der Waals surface area contributed by atoms with Gasteiger partial charge in [0.25, 0.3) is 5.91 Å². The van der Waals surface area contributed by atoms with Gasteiger partial charge in [0.1, 0.15) is 11.6 Å². The molecule has 0 atom stereocenters. The fourth-order valence-corrected chi connectivity index (χ4v) is 2.18. The summed E-state index contributed by atoms with van der Waals surface area (Å²) in [6, 6.07) is 9.56. The number of nitrogens with zero attached hydrogens (tertiary/aromatic N) is 4. The summed E-state index contributed by atoms with van der Waals surface area (Å²) in [7, 11) is 0. The fourth-order valence-electron chi connectivity index (χ4n) is 2.18. The van der Waals surface area contributed by atoms with E-state index in [9.17, 15) is 9.18 Å².